The van der Waals surface area contributed by atoms with Crippen LogP contribution in [-0.2, 0) is 17.5 Å². The summed E-state index contributed by atoms with van der Waals surface area (Å²) in [5, 5.41) is 3.48. The summed E-state index contributed by atoms with van der Waals surface area (Å²) in [4.78, 5) is 11.6. The summed E-state index contributed by atoms with van der Waals surface area (Å²) in [6.07, 6.45) is -2.92. The van der Waals surface area contributed by atoms with Crippen molar-refractivity contribution < 1.29 is 22.7 Å². The Bertz CT molecular complexity index is 473. The smallest absolute Gasteiger partial charge is 0.436 e. The lowest BCUT2D eigenvalue weighted by molar-refractivity contribution is -0.142. The molecular weight excluding hydrogens is 273 g/mol. The van der Waals surface area contributed by atoms with Crippen LogP contribution < -0.4 is 0 Å². The van der Waals surface area contributed by atoms with E-state index in [0.29, 0.717) is 13.0 Å². The van der Waals surface area contributed by atoms with Gasteiger partial charge in [0.1, 0.15) is 5.56 Å². The average Bonchev–Trinajstić information content (AvgIpc) is 2.69. The Labute approximate surface area is 115 Å². The third kappa shape index (κ3) is 4.54. The zero-order chi connectivity index (χ0) is 15.6. The summed E-state index contributed by atoms with van der Waals surface area (Å²) in [5.41, 5.74) is -1.76. The topological polar surface area (TPSA) is 44.1 Å². The Balaban J connectivity index is 3.03. The maximum Gasteiger partial charge on any atom is 0.436 e. The lowest BCUT2D eigenvalue weighted by Gasteiger charge is -2.17. The van der Waals surface area contributed by atoms with Crippen molar-refractivity contribution in [1.29, 1.82) is 0 Å². The van der Waals surface area contributed by atoms with E-state index in [-0.39, 0.29) is 12.0 Å². The predicted molar refractivity (Wildman–Crippen MR) is 67.3 cm³/mol. The molecule has 1 aromatic rings. The number of hydrogen-bond donors (Lipinski definition) is 0. The second kappa shape index (κ2) is 5.85. The molecule has 0 aliphatic rings. The van der Waals surface area contributed by atoms with Gasteiger partial charge in [-0.1, -0.05) is 20.8 Å². The minimum absolute atomic E-state index is 0.0172. The van der Waals surface area contributed by atoms with Gasteiger partial charge in [-0.3, -0.25) is 4.68 Å². The molecule has 0 aliphatic heterocycles. The zero-order valence-corrected chi connectivity index (χ0v) is 12.0. The summed E-state index contributed by atoms with van der Waals surface area (Å²) >= 11 is 0. The van der Waals surface area contributed by atoms with Crippen LogP contribution in [0, 0.1) is 5.41 Å². The fourth-order valence-corrected chi connectivity index (χ4v) is 1.55. The van der Waals surface area contributed by atoms with E-state index in [2.05, 4.69) is 9.84 Å². The van der Waals surface area contributed by atoms with Crippen molar-refractivity contribution in [3.8, 4) is 0 Å². The van der Waals surface area contributed by atoms with E-state index in [0.717, 1.165) is 10.9 Å². The molecule has 1 heterocycles. The first kappa shape index (κ1) is 16.5. The van der Waals surface area contributed by atoms with Crippen molar-refractivity contribution in [2.75, 3.05) is 6.61 Å². The molecule has 7 heteroatoms. The van der Waals surface area contributed by atoms with Crippen molar-refractivity contribution in [3.05, 3.63) is 17.5 Å². The Morgan fingerprint density at radius 3 is 2.40 bits per heavy atom. The molecule has 0 radical (unpaired) electrons. The number of carbonyl (C=O) groups is 1. The van der Waals surface area contributed by atoms with Gasteiger partial charge in [0, 0.05) is 12.7 Å². The monoisotopic (exact) mass is 292 g/mol. The van der Waals surface area contributed by atoms with Crippen LogP contribution >= 0.6 is 0 Å². The second-order valence-electron chi connectivity index (χ2n) is 5.68. The Kier molecular flexibility index (Phi) is 4.83. The molecule has 1 rings (SSSR count). The fraction of sp³-hybridized carbons (Fsp3) is 0.692. The highest BCUT2D eigenvalue weighted by molar-refractivity contribution is 5.90. The van der Waals surface area contributed by atoms with Gasteiger partial charge >= 0.3 is 12.1 Å². The molecule has 20 heavy (non-hydrogen) atoms. The minimum atomic E-state index is -4.67. The van der Waals surface area contributed by atoms with Gasteiger partial charge in [0.15, 0.2) is 5.69 Å². The van der Waals surface area contributed by atoms with E-state index < -0.39 is 23.4 Å². The maximum absolute atomic E-state index is 12.9. The Morgan fingerprint density at radius 1 is 1.35 bits per heavy atom. The fourth-order valence-electron chi connectivity index (χ4n) is 1.55. The van der Waals surface area contributed by atoms with Gasteiger partial charge in [-0.15, -0.1) is 0 Å². The molecule has 0 atom stereocenters. The average molecular weight is 292 g/mol. The van der Waals surface area contributed by atoms with Crippen LogP contribution in [0.1, 0.15) is 50.2 Å². The quantitative estimate of drug-likeness (QED) is 0.798. The first-order chi connectivity index (χ1) is 9.04. The number of aryl methyl sites for hydroxylation is 1. The molecule has 4 nitrogen and oxygen atoms in total. The number of nitrogens with zero attached hydrogens (tertiary/aromatic N) is 2. The highest BCUT2D eigenvalue weighted by Crippen LogP contribution is 2.31. The minimum Gasteiger partial charge on any atom is -0.462 e. The van der Waals surface area contributed by atoms with Crippen LogP contribution in [0.5, 0.6) is 0 Å². The van der Waals surface area contributed by atoms with Crippen molar-refractivity contribution in [3.63, 3.8) is 0 Å². The van der Waals surface area contributed by atoms with Gasteiger partial charge < -0.3 is 4.74 Å². The van der Waals surface area contributed by atoms with E-state index >= 15 is 0 Å². The van der Waals surface area contributed by atoms with Gasteiger partial charge in [-0.05, 0) is 18.8 Å². The number of alkyl halides is 3. The highest BCUT2D eigenvalue weighted by atomic mass is 19.4. The summed E-state index contributed by atoms with van der Waals surface area (Å²) in [6, 6.07) is 0. The molecule has 0 saturated heterocycles. The molecular formula is C13H19F3N2O2. The third-order valence-corrected chi connectivity index (χ3v) is 2.62. The highest BCUT2D eigenvalue weighted by Gasteiger charge is 2.39. The van der Waals surface area contributed by atoms with Gasteiger partial charge in [0.2, 0.25) is 0 Å². The van der Waals surface area contributed by atoms with Crippen LogP contribution in [0.15, 0.2) is 6.20 Å². The number of hydrogen-bond acceptors (Lipinski definition) is 3. The second-order valence-corrected chi connectivity index (χ2v) is 5.68. The van der Waals surface area contributed by atoms with Gasteiger partial charge in [0.05, 0.1) is 6.61 Å². The maximum atomic E-state index is 12.9. The van der Waals surface area contributed by atoms with Crippen LogP contribution in [0.3, 0.4) is 0 Å². The Morgan fingerprint density at radius 2 is 1.95 bits per heavy atom. The van der Waals surface area contributed by atoms with Crippen LogP contribution in [0.25, 0.3) is 0 Å². The van der Waals surface area contributed by atoms with E-state index in [9.17, 15) is 18.0 Å². The summed E-state index contributed by atoms with van der Waals surface area (Å²) in [7, 11) is 0. The van der Waals surface area contributed by atoms with Crippen molar-refractivity contribution >= 4 is 5.97 Å². The molecule has 0 fully saturated rings. The standard InChI is InChI=1S/C13H19F3N2O2/c1-5-20-11(19)9-8-18(7-6-12(2,3)4)17-10(9)13(14,15)16/h8H,5-7H2,1-4H3. The molecule has 1 aromatic heterocycles. The molecule has 0 unspecified atom stereocenters. The largest absolute Gasteiger partial charge is 0.462 e. The first-order valence-electron chi connectivity index (χ1n) is 6.36. The molecule has 0 spiro atoms. The number of halogens is 3. The van der Waals surface area contributed by atoms with Crippen molar-refractivity contribution in [2.45, 2.75) is 46.8 Å². The van der Waals surface area contributed by atoms with Crippen LogP contribution in [-0.4, -0.2) is 22.4 Å². The first-order valence-corrected chi connectivity index (χ1v) is 6.36. The number of rotatable bonds is 4. The molecule has 0 aliphatic carbocycles. The molecule has 0 saturated carbocycles. The number of esters is 1. The summed E-state index contributed by atoms with van der Waals surface area (Å²) < 4.78 is 44.3. The van der Waals surface area contributed by atoms with E-state index in [1.807, 2.05) is 20.8 Å². The normalized spacial score (nSPS) is 12.6. The molecule has 114 valence electrons. The SMILES string of the molecule is CCOC(=O)c1cn(CCC(C)(C)C)nc1C(F)(F)F. The van der Waals surface area contributed by atoms with E-state index in [4.69, 9.17) is 0 Å². The van der Waals surface area contributed by atoms with E-state index in [1.54, 1.807) is 0 Å². The number of aromatic nitrogens is 2. The van der Waals surface area contributed by atoms with E-state index in [1.165, 1.54) is 6.92 Å². The molecule has 0 bridgehead atoms. The third-order valence-electron chi connectivity index (χ3n) is 2.62. The van der Waals surface area contributed by atoms with Gasteiger partial charge in [0.25, 0.3) is 0 Å². The van der Waals surface area contributed by atoms with Crippen LogP contribution in [0.2, 0.25) is 0 Å². The van der Waals surface area contributed by atoms with Crippen molar-refractivity contribution in [1.82, 2.24) is 9.78 Å². The van der Waals surface area contributed by atoms with Gasteiger partial charge in [-0.25, -0.2) is 4.79 Å². The summed E-state index contributed by atoms with van der Waals surface area (Å²) in [6.45, 7) is 7.80. The number of ether oxygens (including phenoxy) is 1. The van der Waals surface area contributed by atoms with Crippen molar-refractivity contribution in [2.24, 2.45) is 5.41 Å². The van der Waals surface area contributed by atoms with Crippen LogP contribution in [0.4, 0.5) is 13.2 Å². The lowest BCUT2D eigenvalue weighted by atomic mass is 9.92. The summed E-state index contributed by atoms with van der Waals surface area (Å²) in [5.74, 6) is -0.998. The number of carbonyl (C=O) groups excluding carboxylic acids is 1. The molecule has 0 amide bonds. The molecule has 0 aromatic carbocycles. The molecule has 0 N–H and O–H groups in total. The van der Waals surface area contributed by atoms with Gasteiger partial charge in [-0.2, -0.15) is 18.3 Å². The Hall–Kier alpha value is -1.53. The lowest BCUT2D eigenvalue weighted by Crippen LogP contribution is -2.14. The predicted octanol–water partition coefficient (Wildman–Crippen LogP) is 3.51. The zero-order valence-electron chi connectivity index (χ0n) is 12.0.